The molecule has 1 aromatic carbocycles. The summed E-state index contributed by atoms with van der Waals surface area (Å²) in [5.74, 6) is -0.0181. The van der Waals surface area contributed by atoms with E-state index in [1.54, 1.807) is 6.07 Å². The van der Waals surface area contributed by atoms with E-state index in [-0.39, 0.29) is 17.5 Å². The molecular weight excluding hydrogens is 273 g/mol. The molecule has 1 aliphatic rings. The van der Waals surface area contributed by atoms with E-state index < -0.39 is 0 Å². The molecule has 1 atom stereocenters. The van der Waals surface area contributed by atoms with Crippen LogP contribution < -0.4 is 5.32 Å². The third-order valence-electron chi connectivity index (χ3n) is 2.89. The van der Waals surface area contributed by atoms with Gasteiger partial charge in [-0.2, -0.15) is 0 Å². The van der Waals surface area contributed by atoms with Gasteiger partial charge < -0.3 is 5.32 Å². The van der Waals surface area contributed by atoms with Crippen molar-refractivity contribution in [3.63, 3.8) is 0 Å². The lowest BCUT2D eigenvalue weighted by Gasteiger charge is -2.22. The van der Waals surface area contributed by atoms with Crippen LogP contribution in [0.5, 0.6) is 0 Å². The molecule has 1 N–H and O–H groups in total. The molecule has 0 spiro atoms. The van der Waals surface area contributed by atoms with Crippen molar-refractivity contribution in [3.05, 3.63) is 34.1 Å². The Morgan fingerprint density at radius 3 is 3.06 bits per heavy atom. The number of hydrogen-bond donors (Lipinski definition) is 1. The number of hydrogen-bond acceptors (Lipinski definition) is 2. The zero-order chi connectivity index (χ0) is 11.5. The molecule has 1 saturated heterocycles. The summed E-state index contributed by atoms with van der Waals surface area (Å²) in [4.78, 5) is 11.6. The van der Waals surface area contributed by atoms with Gasteiger partial charge in [0.1, 0.15) is 11.6 Å². The molecule has 0 aliphatic carbocycles. The van der Waals surface area contributed by atoms with Crippen molar-refractivity contribution >= 4 is 21.7 Å². The van der Waals surface area contributed by atoms with Gasteiger partial charge in [0.05, 0.1) is 4.47 Å². The highest BCUT2D eigenvalue weighted by molar-refractivity contribution is 9.10. The Morgan fingerprint density at radius 1 is 1.50 bits per heavy atom. The summed E-state index contributed by atoms with van der Waals surface area (Å²) in [6, 6.07) is 4.94. The average Bonchev–Trinajstić information content (AvgIpc) is 2.28. The quantitative estimate of drug-likeness (QED) is 0.904. The summed E-state index contributed by atoms with van der Waals surface area (Å²) in [5.41, 5.74) is 0.863. The topological polar surface area (TPSA) is 29.1 Å². The molecule has 4 heteroatoms. The summed E-state index contributed by atoms with van der Waals surface area (Å²) in [6.07, 6.45) is 1.18. The Kier molecular flexibility index (Phi) is 3.71. The van der Waals surface area contributed by atoms with E-state index in [0.29, 0.717) is 23.9 Å². The van der Waals surface area contributed by atoms with Crippen molar-refractivity contribution < 1.29 is 9.18 Å². The lowest BCUT2D eigenvalue weighted by atomic mass is 9.91. The molecule has 1 aromatic rings. The molecule has 0 saturated carbocycles. The minimum absolute atomic E-state index is 0.0214. The van der Waals surface area contributed by atoms with Gasteiger partial charge in [0.2, 0.25) is 0 Å². The maximum absolute atomic E-state index is 13.3. The van der Waals surface area contributed by atoms with Crippen molar-refractivity contribution in [3.8, 4) is 0 Å². The van der Waals surface area contributed by atoms with E-state index in [4.69, 9.17) is 0 Å². The van der Waals surface area contributed by atoms with Gasteiger partial charge in [0.25, 0.3) is 0 Å². The largest absolute Gasteiger partial charge is 0.316 e. The van der Waals surface area contributed by atoms with E-state index in [1.807, 2.05) is 6.07 Å². The average molecular weight is 286 g/mol. The van der Waals surface area contributed by atoms with Gasteiger partial charge in [-0.25, -0.2) is 4.39 Å². The van der Waals surface area contributed by atoms with Crippen LogP contribution in [0.2, 0.25) is 0 Å². The number of nitrogens with one attached hydrogen (secondary N) is 1. The van der Waals surface area contributed by atoms with Crippen LogP contribution in [-0.4, -0.2) is 18.9 Å². The first-order chi connectivity index (χ1) is 7.68. The highest BCUT2D eigenvalue weighted by Crippen LogP contribution is 2.24. The van der Waals surface area contributed by atoms with Gasteiger partial charge in [-0.15, -0.1) is 0 Å². The van der Waals surface area contributed by atoms with Crippen LogP contribution in [0.15, 0.2) is 22.7 Å². The second kappa shape index (κ2) is 5.06. The fourth-order valence-corrected chi connectivity index (χ4v) is 2.39. The van der Waals surface area contributed by atoms with Gasteiger partial charge in [-0.1, -0.05) is 12.1 Å². The van der Waals surface area contributed by atoms with Crippen LogP contribution in [0, 0.1) is 11.7 Å². The normalized spacial score (nSPS) is 21.1. The molecule has 0 amide bonds. The molecule has 0 aromatic heterocycles. The van der Waals surface area contributed by atoms with Crippen LogP contribution in [0.3, 0.4) is 0 Å². The fourth-order valence-electron chi connectivity index (χ4n) is 1.96. The lowest BCUT2D eigenvalue weighted by molar-refractivity contribution is -0.123. The van der Waals surface area contributed by atoms with Gasteiger partial charge in [-0.3, -0.25) is 4.79 Å². The number of ketones is 1. The zero-order valence-electron chi connectivity index (χ0n) is 8.80. The SMILES string of the molecule is O=C1CCNCC1Cc1cccc(F)c1Br. The molecule has 1 aliphatic heterocycles. The standard InChI is InChI=1S/C12H13BrFNO/c13-12-8(2-1-3-10(12)14)6-9-7-15-5-4-11(9)16/h1-3,9,15H,4-7H2. The first-order valence-corrected chi connectivity index (χ1v) is 6.14. The van der Waals surface area contributed by atoms with E-state index in [1.165, 1.54) is 6.07 Å². The second-order valence-electron chi connectivity index (χ2n) is 4.03. The third kappa shape index (κ3) is 2.50. The van der Waals surface area contributed by atoms with Crippen LogP contribution in [0.1, 0.15) is 12.0 Å². The van der Waals surface area contributed by atoms with Gasteiger partial charge in [-0.05, 0) is 34.0 Å². The minimum Gasteiger partial charge on any atom is -0.316 e. The molecule has 16 heavy (non-hydrogen) atoms. The van der Waals surface area contributed by atoms with Gasteiger partial charge in [0.15, 0.2) is 0 Å². The molecule has 2 rings (SSSR count). The predicted octanol–water partition coefficient (Wildman–Crippen LogP) is 2.31. The minimum atomic E-state index is -0.270. The summed E-state index contributed by atoms with van der Waals surface area (Å²) < 4.78 is 13.8. The number of benzene rings is 1. The van der Waals surface area contributed by atoms with Crippen molar-refractivity contribution in [1.29, 1.82) is 0 Å². The maximum atomic E-state index is 13.3. The Morgan fingerprint density at radius 2 is 2.31 bits per heavy atom. The monoisotopic (exact) mass is 285 g/mol. The Labute approximate surface area is 102 Å². The van der Waals surface area contributed by atoms with Gasteiger partial charge >= 0.3 is 0 Å². The second-order valence-corrected chi connectivity index (χ2v) is 4.83. The van der Waals surface area contributed by atoms with E-state index in [9.17, 15) is 9.18 Å². The van der Waals surface area contributed by atoms with Crippen LogP contribution in [0.4, 0.5) is 4.39 Å². The number of carbonyl (C=O) groups excluding carboxylic acids is 1. The first-order valence-electron chi connectivity index (χ1n) is 5.35. The zero-order valence-corrected chi connectivity index (χ0v) is 10.4. The summed E-state index contributed by atoms with van der Waals surface area (Å²) >= 11 is 3.22. The Bertz CT molecular complexity index is 408. The van der Waals surface area contributed by atoms with Crippen molar-refractivity contribution in [2.24, 2.45) is 5.92 Å². The van der Waals surface area contributed by atoms with Crippen LogP contribution >= 0.6 is 15.9 Å². The number of carbonyl (C=O) groups is 1. The van der Waals surface area contributed by atoms with Crippen LogP contribution in [0.25, 0.3) is 0 Å². The van der Waals surface area contributed by atoms with Crippen LogP contribution in [-0.2, 0) is 11.2 Å². The molecule has 2 nitrogen and oxygen atoms in total. The highest BCUT2D eigenvalue weighted by Gasteiger charge is 2.23. The molecule has 0 bridgehead atoms. The number of halogens is 2. The number of rotatable bonds is 2. The predicted molar refractivity (Wildman–Crippen MR) is 63.8 cm³/mol. The lowest BCUT2D eigenvalue weighted by Crippen LogP contribution is -2.38. The van der Waals surface area contributed by atoms with E-state index >= 15 is 0 Å². The fraction of sp³-hybridized carbons (Fsp3) is 0.417. The van der Waals surface area contributed by atoms with E-state index in [2.05, 4.69) is 21.2 Å². The summed E-state index contributed by atoms with van der Waals surface area (Å²) in [5, 5.41) is 3.19. The molecule has 86 valence electrons. The molecule has 1 unspecified atom stereocenters. The van der Waals surface area contributed by atoms with Gasteiger partial charge in [0, 0.05) is 25.4 Å². The van der Waals surface area contributed by atoms with Crippen molar-refractivity contribution in [2.75, 3.05) is 13.1 Å². The molecule has 1 fully saturated rings. The number of Topliss-reactive ketones (excluding diaryl/α,β-unsaturated/α-hetero) is 1. The molecule has 0 radical (unpaired) electrons. The third-order valence-corrected chi connectivity index (χ3v) is 3.78. The first kappa shape index (κ1) is 11.7. The maximum Gasteiger partial charge on any atom is 0.138 e. The Balaban J connectivity index is 2.14. The smallest absolute Gasteiger partial charge is 0.138 e. The summed E-state index contributed by atoms with van der Waals surface area (Å²) in [6.45, 7) is 1.46. The van der Waals surface area contributed by atoms with Crippen molar-refractivity contribution in [2.45, 2.75) is 12.8 Å². The molecular formula is C12H13BrFNO. The number of piperidine rings is 1. The van der Waals surface area contributed by atoms with E-state index in [0.717, 1.165) is 12.1 Å². The Hall–Kier alpha value is -0.740. The highest BCUT2D eigenvalue weighted by atomic mass is 79.9. The molecule has 1 heterocycles. The summed E-state index contributed by atoms with van der Waals surface area (Å²) in [7, 11) is 0. The van der Waals surface area contributed by atoms with Crippen molar-refractivity contribution in [1.82, 2.24) is 5.32 Å².